The van der Waals surface area contributed by atoms with Crippen LogP contribution in [0.5, 0.6) is 5.75 Å². The summed E-state index contributed by atoms with van der Waals surface area (Å²) < 4.78 is 5.02. The number of carbonyl (C=O) groups is 1. The lowest BCUT2D eigenvalue weighted by Gasteiger charge is -2.08. The molecule has 17 heavy (non-hydrogen) atoms. The van der Waals surface area contributed by atoms with Crippen LogP contribution in [0.15, 0.2) is 42.7 Å². The van der Waals surface area contributed by atoms with Crippen molar-refractivity contribution in [2.45, 2.75) is 0 Å². The first kappa shape index (κ1) is 11.1. The van der Waals surface area contributed by atoms with Crippen molar-refractivity contribution in [3.63, 3.8) is 0 Å². The van der Waals surface area contributed by atoms with E-state index in [1.807, 2.05) is 0 Å². The van der Waals surface area contributed by atoms with Crippen LogP contribution in [0.4, 0.5) is 0 Å². The molecule has 0 unspecified atom stereocenters. The largest absolute Gasteiger partial charge is 0.497 e. The van der Waals surface area contributed by atoms with E-state index in [0.29, 0.717) is 11.3 Å². The van der Waals surface area contributed by atoms with Crippen molar-refractivity contribution in [3.05, 3.63) is 48.3 Å². The maximum absolute atomic E-state index is 11.2. The Morgan fingerprint density at radius 1 is 1.24 bits per heavy atom. The summed E-state index contributed by atoms with van der Waals surface area (Å²) >= 11 is 0. The summed E-state index contributed by atoms with van der Waals surface area (Å²) in [4.78, 5) is 15.1. The molecular formula is C13H11NO3. The highest BCUT2D eigenvalue weighted by Gasteiger charge is 2.12. The van der Waals surface area contributed by atoms with E-state index in [9.17, 15) is 9.90 Å². The van der Waals surface area contributed by atoms with Gasteiger partial charge in [-0.3, -0.25) is 4.98 Å². The van der Waals surface area contributed by atoms with Crippen LogP contribution >= 0.6 is 0 Å². The second kappa shape index (κ2) is 4.65. The van der Waals surface area contributed by atoms with E-state index >= 15 is 0 Å². The first-order valence-electron chi connectivity index (χ1n) is 5.04. The molecule has 1 aromatic heterocycles. The minimum atomic E-state index is -0.976. The van der Waals surface area contributed by atoms with Gasteiger partial charge in [0.25, 0.3) is 0 Å². The Morgan fingerprint density at radius 3 is 2.53 bits per heavy atom. The molecule has 0 spiro atoms. The molecule has 1 heterocycles. The second-order valence-corrected chi connectivity index (χ2v) is 3.45. The first-order valence-corrected chi connectivity index (χ1v) is 5.04. The number of aromatic carboxylic acids is 1. The summed E-state index contributed by atoms with van der Waals surface area (Å²) in [7, 11) is 1.51. The van der Waals surface area contributed by atoms with E-state index in [1.54, 1.807) is 36.7 Å². The average molecular weight is 229 g/mol. The van der Waals surface area contributed by atoms with Crippen LogP contribution in [0.3, 0.4) is 0 Å². The van der Waals surface area contributed by atoms with Gasteiger partial charge in [0.05, 0.1) is 12.7 Å². The Bertz CT molecular complexity index is 538. The number of hydrogen-bond donors (Lipinski definition) is 1. The van der Waals surface area contributed by atoms with Gasteiger partial charge in [0.2, 0.25) is 0 Å². The maximum atomic E-state index is 11.2. The fraction of sp³-hybridized carbons (Fsp3) is 0.0769. The van der Waals surface area contributed by atoms with E-state index < -0.39 is 5.97 Å². The Hall–Kier alpha value is -2.36. The number of carboxylic acids is 1. The predicted molar refractivity (Wildman–Crippen MR) is 63.2 cm³/mol. The molecule has 0 saturated heterocycles. The third-order valence-electron chi connectivity index (χ3n) is 2.45. The highest BCUT2D eigenvalue weighted by Crippen LogP contribution is 2.26. The van der Waals surface area contributed by atoms with Crippen LogP contribution in [0, 0.1) is 0 Å². The third kappa shape index (κ3) is 2.25. The van der Waals surface area contributed by atoms with E-state index in [4.69, 9.17) is 4.74 Å². The highest BCUT2D eigenvalue weighted by atomic mass is 16.5. The number of nitrogens with zero attached hydrogens (tertiary/aromatic N) is 1. The summed E-state index contributed by atoms with van der Waals surface area (Å²) in [5.74, 6) is -0.448. The minimum Gasteiger partial charge on any atom is -0.497 e. The number of aromatic nitrogens is 1. The standard InChI is InChI=1S/C13H11NO3/c1-17-10-2-3-11(12(8-10)13(15)16)9-4-6-14-7-5-9/h2-8H,1H3,(H,15,16). The molecule has 2 rings (SSSR count). The van der Waals surface area contributed by atoms with Gasteiger partial charge in [-0.1, -0.05) is 0 Å². The number of ether oxygens (including phenoxy) is 1. The maximum Gasteiger partial charge on any atom is 0.336 e. The molecule has 0 bridgehead atoms. The molecule has 0 amide bonds. The first-order chi connectivity index (χ1) is 8.22. The highest BCUT2D eigenvalue weighted by molar-refractivity contribution is 5.96. The van der Waals surface area contributed by atoms with Crippen LogP contribution in [0.2, 0.25) is 0 Å². The number of carboxylic acid groups (broad SMARTS) is 1. The zero-order valence-electron chi connectivity index (χ0n) is 9.25. The van der Waals surface area contributed by atoms with Gasteiger partial charge >= 0.3 is 5.97 Å². The van der Waals surface area contributed by atoms with Crippen molar-refractivity contribution in [3.8, 4) is 16.9 Å². The van der Waals surface area contributed by atoms with E-state index in [-0.39, 0.29) is 5.56 Å². The fourth-order valence-electron chi connectivity index (χ4n) is 1.61. The van der Waals surface area contributed by atoms with Gasteiger partial charge in [0.1, 0.15) is 5.75 Å². The Kier molecular flexibility index (Phi) is 3.05. The number of hydrogen-bond acceptors (Lipinski definition) is 3. The molecule has 0 aliphatic carbocycles. The molecule has 4 heteroatoms. The molecule has 1 N–H and O–H groups in total. The van der Waals surface area contributed by atoms with Crippen LogP contribution in [-0.2, 0) is 0 Å². The van der Waals surface area contributed by atoms with Gasteiger partial charge in [-0.05, 0) is 41.5 Å². The smallest absolute Gasteiger partial charge is 0.336 e. The third-order valence-corrected chi connectivity index (χ3v) is 2.45. The van der Waals surface area contributed by atoms with Crippen molar-refractivity contribution >= 4 is 5.97 Å². The van der Waals surface area contributed by atoms with Crippen molar-refractivity contribution < 1.29 is 14.6 Å². The van der Waals surface area contributed by atoms with Crippen molar-refractivity contribution in [2.75, 3.05) is 7.11 Å². The monoisotopic (exact) mass is 229 g/mol. The van der Waals surface area contributed by atoms with Crippen molar-refractivity contribution in [1.82, 2.24) is 4.98 Å². The zero-order valence-corrected chi connectivity index (χ0v) is 9.25. The minimum absolute atomic E-state index is 0.218. The molecule has 0 aliphatic rings. The fourth-order valence-corrected chi connectivity index (χ4v) is 1.61. The summed E-state index contributed by atoms with van der Waals surface area (Å²) in [6.45, 7) is 0. The molecule has 2 aromatic rings. The van der Waals surface area contributed by atoms with Gasteiger partial charge in [0, 0.05) is 12.4 Å². The second-order valence-electron chi connectivity index (χ2n) is 3.45. The Balaban J connectivity index is 2.58. The molecule has 0 saturated carbocycles. The lowest BCUT2D eigenvalue weighted by atomic mass is 10.0. The lowest BCUT2D eigenvalue weighted by molar-refractivity contribution is 0.0697. The van der Waals surface area contributed by atoms with E-state index in [0.717, 1.165) is 5.56 Å². The van der Waals surface area contributed by atoms with Crippen LogP contribution in [-0.4, -0.2) is 23.2 Å². The molecule has 86 valence electrons. The van der Waals surface area contributed by atoms with E-state index in [2.05, 4.69) is 4.98 Å². The van der Waals surface area contributed by atoms with E-state index in [1.165, 1.54) is 13.2 Å². The summed E-state index contributed by atoms with van der Waals surface area (Å²) in [6.07, 6.45) is 3.26. The molecule has 0 atom stereocenters. The van der Waals surface area contributed by atoms with Crippen LogP contribution in [0.1, 0.15) is 10.4 Å². The Morgan fingerprint density at radius 2 is 1.94 bits per heavy atom. The quantitative estimate of drug-likeness (QED) is 0.878. The summed E-state index contributed by atoms with van der Waals surface area (Å²) in [5.41, 5.74) is 1.69. The lowest BCUT2D eigenvalue weighted by Crippen LogP contribution is -2.00. The average Bonchev–Trinajstić information content (AvgIpc) is 2.39. The summed E-state index contributed by atoms with van der Waals surface area (Å²) in [5, 5.41) is 9.18. The predicted octanol–water partition coefficient (Wildman–Crippen LogP) is 2.46. The van der Waals surface area contributed by atoms with Gasteiger partial charge < -0.3 is 9.84 Å². The zero-order chi connectivity index (χ0) is 12.3. The SMILES string of the molecule is COc1ccc(-c2ccncc2)c(C(=O)O)c1. The van der Waals surface area contributed by atoms with Gasteiger partial charge in [-0.2, -0.15) is 0 Å². The molecule has 0 aliphatic heterocycles. The molecule has 1 aromatic carbocycles. The number of rotatable bonds is 3. The topological polar surface area (TPSA) is 59.4 Å². The molecule has 0 radical (unpaired) electrons. The number of pyridine rings is 1. The van der Waals surface area contributed by atoms with Gasteiger partial charge in [0.15, 0.2) is 0 Å². The molecule has 4 nitrogen and oxygen atoms in total. The summed E-state index contributed by atoms with van der Waals surface area (Å²) in [6, 6.07) is 8.53. The number of benzene rings is 1. The normalized spacial score (nSPS) is 9.94. The Labute approximate surface area is 98.5 Å². The van der Waals surface area contributed by atoms with Gasteiger partial charge in [-0.25, -0.2) is 4.79 Å². The van der Waals surface area contributed by atoms with Gasteiger partial charge in [-0.15, -0.1) is 0 Å². The molecular weight excluding hydrogens is 218 g/mol. The number of methoxy groups -OCH3 is 1. The van der Waals surface area contributed by atoms with Crippen LogP contribution in [0.25, 0.3) is 11.1 Å². The van der Waals surface area contributed by atoms with Crippen molar-refractivity contribution in [2.24, 2.45) is 0 Å². The molecule has 0 fully saturated rings. The van der Waals surface area contributed by atoms with Crippen molar-refractivity contribution in [1.29, 1.82) is 0 Å². The van der Waals surface area contributed by atoms with Crippen LogP contribution < -0.4 is 4.74 Å².